The molecule has 2 aromatic rings. The fourth-order valence-corrected chi connectivity index (χ4v) is 1.65. The number of nitro groups is 1. The van der Waals surface area contributed by atoms with Crippen molar-refractivity contribution >= 4 is 22.7 Å². The molecule has 100 valence electrons. The van der Waals surface area contributed by atoms with Crippen LogP contribution < -0.4 is 11.1 Å². The maximum Gasteiger partial charge on any atom is 0.292 e. The third kappa shape index (κ3) is 2.64. The molecule has 0 fully saturated rings. The number of halogens is 1. The zero-order chi connectivity index (χ0) is 14.7. The van der Waals surface area contributed by atoms with Gasteiger partial charge in [0, 0.05) is 17.4 Å². The Kier molecular flexibility index (Phi) is 3.48. The van der Waals surface area contributed by atoms with Crippen molar-refractivity contribution in [3.05, 3.63) is 57.9 Å². The molecule has 0 saturated heterocycles. The van der Waals surface area contributed by atoms with E-state index in [4.69, 9.17) is 11.0 Å². The average Bonchev–Trinajstić information content (AvgIpc) is 2.40. The number of hydrogen-bond acceptors (Lipinski definition) is 5. The van der Waals surface area contributed by atoms with Gasteiger partial charge in [-0.05, 0) is 30.3 Å². The first-order valence-corrected chi connectivity index (χ1v) is 5.52. The summed E-state index contributed by atoms with van der Waals surface area (Å²) in [5.74, 6) is -0.610. The maximum atomic E-state index is 13.2. The Balaban J connectivity index is 2.29. The Labute approximate surface area is 113 Å². The normalized spacial score (nSPS) is 9.80. The van der Waals surface area contributed by atoms with Gasteiger partial charge in [-0.2, -0.15) is 5.26 Å². The number of nitrogens with zero attached hydrogens (tertiary/aromatic N) is 2. The second-order valence-electron chi connectivity index (χ2n) is 3.96. The fraction of sp³-hybridized carbons (Fsp3) is 0. The number of nitrogens with one attached hydrogen (secondary N) is 1. The van der Waals surface area contributed by atoms with Crippen molar-refractivity contribution in [2.75, 3.05) is 11.1 Å². The molecule has 6 nitrogen and oxygen atoms in total. The minimum Gasteiger partial charge on any atom is -0.393 e. The summed E-state index contributed by atoms with van der Waals surface area (Å²) in [5, 5.41) is 22.3. The van der Waals surface area contributed by atoms with Gasteiger partial charge in [0.2, 0.25) is 0 Å². The second-order valence-corrected chi connectivity index (χ2v) is 3.96. The van der Waals surface area contributed by atoms with Crippen molar-refractivity contribution in [2.24, 2.45) is 0 Å². The summed E-state index contributed by atoms with van der Waals surface area (Å²) >= 11 is 0. The fourth-order valence-electron chi connectivity index (χ4n) is 1.65. The van der Waals surface area contributed by atoms with E-state index in [9.17, 15) is 14.5 Å². The van der Waals surface area contributed by atoms with E-state index in [1.54, 1.807) is 6.07 Å². The van der Waals surface area contributed by atoms with E-state index < -0.39 is 10.7 Å². The molecule has 0 aromatic heterocycles. The molecule has 0 unspecified atom stereocenters. The minimum atomic E-state index is -0.610. The number of nitrogen functional groups attached to an aromatic ring is 1. The van der Waals surface area contributed by atoms with E-state index in [0.29, 0.717) is 11.4 Å². The number of rotatable bonds is 3. The highest BCUT2D eigenvalue weighted by molar-refractivity contribution is 5.70. The highest BCUT2D eigenvalue weighted by Crippen LogP contribution is 2.27. The second kappa shape index (κ2) is 5.24. The lowest BCUT2D eigenvalue weighted by Crippen LogP contribution is -1.98. The first kappa shape index (κ1) is 13.3. The third-order valence-electron chi connectivity index (χ3n) is 2.60. The van der Waals surface area contributed by atoms with Crippen LogP contribution in [0.2, 0.25) is 0 Å². The van der Waals surface area contributed by atoms with E-state index in [1.165, 1.54) is 30.3 Å². The lowest BCUT2D eigenvalue weighted by molar-refractivity contribution is -0.383. The smallest absolute Gasteiger partial charge is 0.292 e. The molecule has 2 aromatic carbocycles. The van der Waals surface area contributed by atoms with Crippen LogP contribution >= 0.6 is 0 Å². The standard InChI is InChI=1S/C13H9FN4O2/c14-11-3-1-9(5-8(11)7-15)17-10-2-4-13(18(19)20)12(16)6-10/h1-6,17H,16H2. The molecule has 0 amide bonds. The van der Waals surface area contributed by atoms with Gasteiger partial charge in [0.05, 0.1) is 10.5 Å². The van der Waals surface area contributed by atoms with Gasteiger partial charge in [0.15, 0.2) is 0 Å². The van der Waals surface area contributed by atoms with Gasteiger partial charge in [0.1, 0.15) is 17.6 Å². The van der Waals surface area contributed by atoms with Crippen molar-refractivity contribution in [3.8, 4) is 6.07 Å². The molecule has 0 bridgehead atoms. The Morgan fingerprint density at radius 1 is 1.25 bits per heavy atom. The number of benzene rings is 2. The Morgan fingerprint density at radius 2 is 1.90 bits per heavy atom. The predicted octanol–water partition coefficient (Wildman–Crippen LogP) is 2.93. The van der Waals surface area contributed by atoms with Crippen molar-refractivity contribution in [1.29, 1.82) is 5.26 Å². The summed E-state index contributed by atoms with van der Waals surface area (Å²) in [6, 6.07) is 9.83. The molecule has 7 heteroatoms. The van der Waals surface area contributed by atoms with Crippen LogP contribution in [0.5, 0.6) is 0 Å². The quantitative estimate of drug-likeness (QED) is 0.507. The van der Waals surface area contributed by atoms with Crippen LogP contribution in [0.1, 0.15) is 5.56 Å². The van der Waals surface area contributed by atoms with Gasteiger partial charge in [-0.25, -0.2) is 4.39 Å². The Bertz CT molecular complexity index is 725. The highest BCUT2D eigenvalue weighted by Gasteiger charge is 2.11. The summed E-state index contributed by atoms with van der Waals surface area (Å²) < 4.78 is 13.2. The van der Waals surface area contributed by atoms with Crippen molar-refractivity contribution in [3.63, 3.8) is 0 Å². The van der Waals surface area contributed by atoms with Crippen molar-refractivity contribution < 1.29 is 9.31 Å². The summed E-state index contributed by atoms with van der Waals surface area (Å²) in [6.07, 6.45) is 0. The predicted molar refractivity (Wildman–Crippen MR) is 71.9 cm³/mol. The largest absolute Gasteiger partial charge is 0.393 e. The third-order valence-corrected chi connectivity index (χ3v) is 2.60. The molecule has 3 N–H and O–H groups in total. The molecular weight excluding hydrogens is 263 g/mol. The van der Waals surface area contributed by atoms with E-state index in [-0.39, 0.29) is 16.9 Å². The molecule has 0 aliphatic rings. The van der Waals surface area contributed by atoms with Crippen LogP contribution in [-0.2, 0) is 0 Å². The van der Waals surface area contributed by atoms with Crippen LogP contribution in [-0.4, -0.2) is 4.92 Å². The summed E-state index contributed by atoms with van der Waals surface area (Å²) in [5.41, 5.74) is 6.28. The van der Waals surface area contributed by atoms with Crippen LogP contribution in [0.15, 0.2) is 36.4 Å². The molecule has 0 heterocycles. The lowest BCUT2D eigenvalue weighted by Gasteiger charge is -2.08. The molecule has 0 spiro atoms. The lowest BCUT2D eigenvalue weighted by atomic mass is 10.2. The molecule has 0 saturated carbocycles. The molecule has 2 rings (SSSR count). The maximum absolute atomic E-state index is 13.2. The van der Waals surface area contributed by atoms with Crippen LogP contribution in [0.25, 0.3) is 0 Å². The van der Waals surface area contributed by atoms with Gasteiger partial charge >= 0.3 is 0 Å². The molecule has 20 heavy (non-hydrogen) atoms. The van der Waals surface area contributed by atoms with Gasteiger partial charge in [-0.1, -0.05) is 0 Å². The van der Waals surface area contributed by atoms with Gasteiger partial charge < -0.3 is 11.1 Å². The number of hydrogen-bond donors (Lipinski definition) is 2. The molecular formula is C13H9FN4O2. The van der Waals surface area contributed by atoms with Crippen LogP contribution in [0, 0.1) is 27.3 Å². The van der Waals surface area contributed by atoms with E-state index in [1.807, 2.05) is 0 Å². The number of anilines is 3. The summed E-state index contributed by atoms with van der Waals surface area (Å²) in [7, 11) is 0. The molecule has 0 radical (unpaired) electrons. The average molecular weight is 272 g/mol. The summed E-state index contributed by atoms with van der Waals surface area (Å²) in [4.78, 5) is 10.1. The Hall–Kier alpha value is -3.14. The van der Waals surface area contributed by atoms with Crippen LogP contribution in [0.3, 0.4) is 0 Å². The SMILES string of the molecule is N#Cc1cc(Nc2ccc([N+](=O)[O-])c(N)c2)ccc1F. The van der Waals surface area contributed by atoms with E-state index in [2.05, 4.69) is 5.32 Å². The zero-order valence-electron chi connectivity index (χ0n) is 10.1. The van der Waals surface area contributed by atoms with Gasteiger partial charge in [-0.15, -0.1) is 0 Å². The molecule has 0 aliphatic heterocycles. The van der Waals surface area contributed by atoms with Crippen LogP contribution in [0.4, 0.5) is 27.1 Å². The van der Waals surface area contributed by atoms with Crippen molar-refractivity contribution in [1.82, 2.24) is 0 Å². The number of nitrogens with two attached hydrogens (primary N) is 1. The molecule has 0 aliphatic carbocycles. The summed E-state index contributed by atoms with van der Waals surface area (Å²) in [6.45, 7) is 0. The first-order valence-electron chi connectivity index (χ1n) is 5.52. The monoisotopic (exact) mass is 272 g/mol. The number of nitriles is 1. The molecule has 0 atom stereocenters. The first-order chi connectivity index (χ1) is 9.51. The van der Waals surface area contributed by atoms with E-state index in [0.717, 1.165) is 6.07 Å². The highest BCUT2D eigenvalue weighted by atomic mass is 19.1. The zero-order valence-corrected chi connectivity index (χ0v) is 10.1. The van der Waals surface area contributed by atoms with Gasteiger partial charge in [-0.3, -0.25) is 10.1 Å². The van der Waals surface area contributed by atoms with Gasteiger partial charge in [0.25, 0.3) is 5.69 Å². The topological polar surface area (TPSA) is 105 Å². The van der Waals surface area contributed by atoms with Crippen molar-refractivity contribution in [2.45, 2.75) is 0 Å². The number of nitro benzene ring substituents is 1. The van der Waals surface area contributed by atoms with E-state index >= 15 is 0 Å². The minimum absolute atomic E-state index is 0.0163. The Morgan fingerprint density at radius 3 is 2.50 bits per heavy atom.